The number of aryl methyl sites for hydroxylation is 1. The van der Waals surface area contributed by atoms with E-state index in [4.69, 9.17) is 4.74 Å². The van der Waals surface area contributed by atoms with Gasteiger partial charge in [-0.2, -0.15) is 0 Å². The molecule has 0 aliphatic rings. The Morgan fingerprint density at radius 2 is 1.62 bits per heavy atom. The summed E-state index contributed by atoms with van der Waals surface area (Å²) in [6.07, 6.45) is 4.15. The molecule has 24 heavy (non-hydrogen) atoms. The third-order valence-corrected chi connectivity index (χ3v) is 4.07. The Balaban J connectivity index is 2.36. The van der Waals surface area contributed by atoms with E-state index in [1.54, 1.807) is 0 Å². The van der Waals surface area contributed by atoms with Crippen molar-refractivity contribution in [1.82, 2.24) is 0 Å². The number of rotatable bonds is 4. The van der Waals surface area contributed by atoms with Crippen molar-refractivity contribution in [2.45, 2.75) is 47.0 Å². The highest BCUT2D eigenvalue weighted by atomic mass is 16.5. The molecule has 126 valence electrons. The Morgan fingerprint density at radius 3 is 2.21 bits per heavy atom. The van der Waals surface area contributed by atoms with Gasteiger partial charge in [-0.3, -0.25) is 0 Å². The van der Waals surface area contributed by atoms with Crippen molar-refractivity contribution in [2.24, 2.45) is 0 Å². The molecule has 0 fully saturated rings. The van der Waals surface area contributed by atoms with E-state index < -0.39 is 0 Å². The smallest absolute Gasteiger partial charge is 0.130 e. The topological polar surface area (TPSA) is 9.23 Å². The Hall–Kier alpha value is -2.28. The molecule has 0 radical (unpaired) electrons. The molecule has 0 spiro atoms. The predicted molar refractivity (Wildman–Crippen MR) is 104 cm³/mol. The Morgan fingerprint density at radius 1 is 0.917 bits per heavy atom. The van der Waals surface area contributed by atoms with E-state index in [0.717, 1.165) is 17.1 Å². The number of benzene rings is 2. The van der Waals surface area contributed by atoms with E-state index >= 15 is 0 Å². The molecular formula is C23H28O. The van der Waals surface area contributed by atoms with Crippen molar-refractivity contribution in [3.8, 4) is 5.75 Å². The fourth-order valence-corrected chi connectivity index (χ4v) is 2.68. The molecule has 0 aromatic heterocycles. The van der Waals surface area contributed by atoms with Crippen LogP contribution in [0.25, 0.3) is 5.57 Å². The summed E-state index contributed by atoms with van der Waals surface area (Å²) >= 11 is 0. The average molecular weight is 320 g/mol. The highest BCUT2D eigenvalue weighted by molar-refractivity contribution is 5.77. The summed E-state index contributed by atoms with van der Waals surface area (Å²) in [5.41, 5.74) is 4.95. The number of hydrogen-bond donors (Lipinski definition) is 0. The summed E-state index contributed by atoms with van der Waals surface area (Å²) in [6.45, 7) is 12.9. The van der Waals surface area contributed by atoms with Crippen LogP contribution in [0, 0.1) is 6.92 Å². The van der Waals surface area contributed by atoms with Gasteiger partial charge in [0.1, 0.15) is 11.5 Å². The molecule has 0 saturated carbocycles. The van der Waals surface area contributed by atoms with E-state index in [1.807, 2.05) is 25.1 Å². The predicted octanol–water partition coefficient (Wildman–Crippen LogP) is 6.68. The highest BCUT2D eigenvalue weighted by Crippen LogP contribution is 2.30. The second-order valence-electron chi connectivity index (χ2n) is 7.10. The first-order valence-corrected chi connectivity index (χ1v) is 8.53. The van der Waals surface area contributed by atoms with Crippen LogP contribution >= 0.6 is 0 Å². The molecule has 0 atom stereocenters. The van der Waals surface area contributed by atoms with Crippen molar-refractivity contribution in [3.05, 3.63) is 83.1 Å². The van der Waals surface area contributed by atoms with Crippen molar-refractivity contribution < 1.29 is 4.74 Å². The second kappa shape index (κ2) is 7.53. The highest BCUT2D eigenvalue weighted by Gasteiger charge is 2.16. The summed E-state index contributed by atoms with van der Waals surface area (Å²) in [5, 5.41) is 0. The fraction of sp³-hybridized carbons (Fsp3) is 0.304. The third kappa shape index (κ3) is 4.38. The van der Waals surface area contributed by atoms with E-state index in [0.29, 0.717) is 0 Å². The first-order valence-electron chi connectivity index (χ1n) is 8.53. The molecule has 1 nitrogen and oxygen atoms in total. The molecule has 0 bridgehead atoms. The van der Waals surface area contributed by atoms with Gasteiger partial charge in [0.2, 0.25) is 0 Å². The van der Waals surface area contributed by atoms with Crippen LogP contribution in [0.15, 0.2) is 66.4 Å². The van der Waals surface area contributed by atoms with Gasteiger partial charge in [0.05, 0.1) is 0 Å². The lowest BCUT2D eigenvalue weighted by Gasteiger charge is -2.21. The minimum atomic E-state index is 0.127. The van der Waals surface area contributed by atoms with Crippen LogP contribution in [0.5, 0.6) is 5.75 Å². The number of allylic oxidation sites excluding steroid dienone is 3. The molecular weight excluding hydrogens is 292 g/mol. The monoisotopic (exact) mass is 320 g/mol. The lowest BCUT2D eigenvalue weighted by molar-refractivity contribution is 0.448. The molecule has 1 heteroatoms. The van der Waals surface area contributed by atoms with Crippen molar-refractivity contribution >= 4 is 5.57 Å². The number of hydrogen-bond acceptors (Lipinski definition) is 1. The van der Waals surface area contributed by atoms with Crippen LogP contribution < -0.4 is 4.74 Å². The normalized spacial score (nSPS) is 13.1. The molecule has 0 N–H and O–H groups in total. The molecule has 0 aliphatic carbocycles. The zero-order chi connectivity index (χ0) is 17.7. The molecule has 0 unspecified atom stereocenters. The van der Waals surface area contributed by atoms with E-state index in [1.165, 1.54) is 16.7 Å². The maximum absolute atomic E-state index is 6.17. The zero-order valence-electron chi connectivity index (χ0n) is 15.7. The van der Waals surface area contributed by atoms with Gasteiger partial charge in [-0.1, -0.05) is 63.2 Å². The van der Waals surface area contributed by atoms with Gasteiger partial charge in [0.15, 0.2) is 0 Å². The first kappa shape index (κ1) is 18.1. The summed E-state index contributed by atoms with van der Waals surface area (Å²) < 4.78 is 6.17. The summed E-state index contributed by atoms with van der Waals surface area (Å²) in [6, 6.07) is 16.9. The molecule has 0 heterocycles. The van der Waals surface area contributed by atoms with Gasteiger partial charge < -0.3 is 4.74 Å². The lowest BCUT2D eigenvalue weighted by atomic mass is 9.85. The minimum Gasteiger partial charge on any atom is -0.457 e. The van der Waals surface area contributed by atoms with Crippen LogP contribution in [-0.2, 0) is 5.41 Å². The van der Waals surface area contributed by atoms with Crippen LogP contribution in [-0.4, -0.2) is 0 Å². The van der Waals surface area contributed by atoms with E-state index in [2.05, 4.69) is 77.1 Å². The van der Waals surface area contributed by atoms with Gasteiger partial charge in [-0.05, 0) is 61.1 Å². The molecule has 2 aromatic carbocycles. The fourth-order valence-electron chi connectivity index (χ4n) is 2.68. The summed E-state index contributed by atoms with van der Waals surface area (Å²) in [7, 11) is 0. The van der Waals surface area contributed by atoms with E-state index in [-0.39, 0.29) is 5.41 Å². The van der Waals surface area contributed by atoms with Crippen molar-refractivity contribution in [2.75, 3.05) is 0 Å². The van der Waals surface area contributed by atoms with Crippen molar-refractivity contribution in [3.63, 3.8) is 0 Å². The Labute approximate surface area is 146 Å². The minimum absolute atomic E-state index is 0.127. The van der Waals surface area contributed by atoms with Crippen LogP contribution in [0.1, 0.15) is 51.3 Å². The van der Waals surface area contributed by atoms with E-state index in [9.17, 15) is 0 Å². The maximum Gasteiger partial charge on any atom is 0.130 e. The lowest BCUT2D eigenvalue weighted by Crippen LogP contribution is -2.11. The zero-order valence-corrected chi connectivity index (χ0v) is 15.7. The maximum atomic E-state index is 6.17. The van der Waals surface area contributed by atoms with Gasteiger partial charge in [0.25, 0.3) is 0 Å². The molecule has 2 rings (SSSR count). The Bertz CT molecular complexity index is 758. The van der Waals surface area contributed by atoms with Gasteiger partial charge >= 0.3 is 0 Å². The Kier molecular flexibility index (Phi) is 5.66. The quantitative estimate of drug-likeness (QED) is 0.451. The first-order chi connectivity index (χ1) is 11.3. The second-order valence-corrected chi connectivity index (χ2v) is 7.10. The number of ether oxygens (including phenoxy) is 1. The third-order valence-electron chi connectivity index (χ3n) is 4.07. The van der Waals surface area contributed by atoms with Crippen molar-refractivity contribution in [1.29, 1.82) is 0 Å². The molecule has 0 amide bonds. The molecule has 2 aromatic rings. The van der Waals surface area contributed by atoms with Gasteiger partial charge in [-0.15, -0.1) is 0 Å². The van der Waals surface area contributed by atoms with Gasteiger partial charge in [-0.25, -0.2) is 0 Å². The standard InChI is InChI=1S/C23H28O/c1-7-21(18-12-10-13-19(16-18)23(4,5)6)22(8-2)24-20-14-9-11-17(3)15-20/h7-16H,1-6H3/b21-7-,22-8+. The summed E-state index contributed by atoms with van der Waals surface area (Å²) in [4.78, 5) is 0. The molecule has 0 aliphatic heterocycles. The average Bonchev–Trinajstić information content (AvgIpc) is 2.54. The largest absolute Gasteiger partial charge is 0.457 e. The SMILES string of the molecule is C/C=C(\C(=C/C)Oc1cccc(C)c1)c1cccc(C(C)(C)C)c1. The van der Waals surface area contributed by atoms with Crippen LogP contribution in [0.3, 0.4) is 0 Å². The molecule has 0 saturated heterocycles. The van der Waals surface area contributed by atoms with Gasteiger partial charge in [0, 0.05) is 5.57 Å². The van der Waals surface area contributed by atoms with Crippen LogP contribution in [0.2, 0.25) is 0 Å². The van der Waals surface area contributed by atoms with Crippen LogP contribution in [0.4, 0.5) is 0 Å². The summed E-state index contributed by atoms with van der Waals surface area (Å²) in [5.74, 6) is 1.75.